The molecule has 0 aliphatic heterocycles. The smallest absolute Gasteiger partial charge is 0.319 e. The summed E-state index contributed by atoms with van der Waals surface area (Å²) in [7, 11) is 1.78. The molecule has 1 N–H and O–H groups in total. The van der Waals surface area contributed by atoms with Gasteiger partial charge in [0.05, 0.1) is 10.6 Å². The van der Waals surface area contributed by atoms with Crippen LogP contribution in [-0.2, 0) is 6.18 Å². The molecule has 1 aromatic rings. The molecular formula is C12H11ClF3N. The summed E-state index contributed by atoms with van der Waals surface area (Å²) in [5.41, 5.74) is -0.530. The first kappa shape index (κ1) is 13.9. The average Bonchev–Trinajstić information content (AvgIpc) is 2.25. The van der Waals surface area contributed by atoms with Crippen LogP contribution in [0.25, 0.3) is 0 Å². The maximum atomic E-state index is 12.5. The van der Waals surface area contributed by atoms with E-state index in [1.807, 2.05) is 0 Å². The maximum absolute atomic E-state index is 12.5. The highest BCUT2D eigenvalue weighted by Crippen LogP contribution is 2.34. The SMILES string of the molecule is CNCCC#Cc1ccc(Cl)c(C(F)(F)F)c1. The van der Waals surface area contributed by atoms with Crippen molar-refractivity contribution in [1.82, 2.24) is 5.32 Å². The van der Waals surface area contributed by atoms with Crippen molar-refractivity contribution >= 4 is 11.6 Å². The molecule has 0 radical (unpaired) electrons. The topological polar surface area (TPSA) is 12.0 Å². The van der Waals surface area contributed by atoms with Gasteiger partial charge >= 0.3 is 6.18 Å². The first-order valence-electron chi connectivity index (χ1n) is 4.95. The Labute approximate surface area is 103 Å². The third-order valence-electron chi connectivity index (χ3n) is 2.00. The fourth-order valence-corrected chi connectivity index (χ4v) is 1.40. The zero-order valence-corrected chi connectivity index (χ0v) is 9.91. The Morgan fingerprint density at radius 1 is 1.35 bits per heavy atom. The highest BCUT2D eigenvalue weighted by atomic mass is 35.5. The Hall–Kier alpha value is -1.18. The van der Waals surface area contributed by atoms with E-state index in [0.717, 1.165) is 6.07 Å². The normalized spacial score (nSPS) is 10.9. The van der Waals surface area contributed by atoms with E-state index in [0.29, 0.717) is 18.5 Å². The fraction of sp³-hybridized carbons (Fsp3) is 0.333. The van der Waals surface area contributed by atoms with Crippen molar-refractivity contribution < 1.29 is 13.2 Å². The molecule has 0 heterocycles. The van der Waals surface area contributed by atoms with Gasteiger partial charge in [-0.05, 0) is 25.2 Å². The van der Waals surface area contributed by atoms with E-state index in [1.54, 1.807) is 7.05 Å². The van der Waals surface area contributed by atoms with E-state index in [4.69, 9.17) is 11.6 Å². The van der Waals surface area contributed by atoms with Gasteiger partial charge in [0.2, 0.25) is 0 Å². The molecule has 17 heavy (non-hydrogen) atoms. The van der Waals surface area contributed by atoms with Gasteiger partial charge in [-0.1, -0.05) is 23.4 Å². The lowest BCUT2D eigenvalue weighted by atomic mass is 10.1. The number of nitrogens with one attached hydrogen (secondary N) is 1. The summed E-state index contributed by atoms with van der Waals surface area (Å²) >= 11 is 5.49. The standard InChI is InChI=1S/C12H11ClF3N/c1-17-7-3-2-4-9-5-6-11(13)10(8-9)12(14,15)16/h5-6,8,17H,3,7H2,1H3. The van der Waals surface area contributed by atoms with Gasteiger partial charge in [0.25, 0.3) is 0 Å². The quantitative estimate of drug-likeness (QED) is 0.636. The predicted octanol–water partition coefficient (Wildman–Crippen LogP) is 3.32. The monoisotopic (exact) mass is 261 g/mol. The molecule has 0 fully saturated rings. The number of hydrogen-bond acceptors (Lipinski definition) is 1. The molecule has 0 atom stereocenters. The molecule has 0 spiro atoms. The van der Waals surface area contributed by atoms with Crippen LogP contribution in [0.1, 0.15) is 17.5 Å². The number of halogens is 4. The zero-order chi connectivity index (χ0) is 12.9. The van der Waals surface area contributed by atoms with E-state index in [1.165, 1.54) is 12.1 Å². The van der Waals surface area contributed by atoms with Crippen LogP contribution in [0.3, 0.4) is 0 Å². The Morgan fingerprint density at radius 3 is 2.65 bits per heavy atom. The van der Waals surface area contributed by atoms with Gasteiger partial charge in [-0.15, -0.1) is 0 Å². The summed E-state index contributed by atoms with van der Waals surface area (Å²) in [5, 5.41) is 2.59. The van der Waals surface area contributed by atoms with E-state index in [9.17, 15) is 13.2 Å². The second-order valence-electron chi connectivity index (χ2n) is 3.35. The minimum Gasteiger partial charge on any atom is -0.319 e. The Bertz CT molecular complexity index is 443. The lowest BCUT2D eigenvalue weighted by molar-refractivity contribution is -0.137. The van der Waals surface area contributed by atoms with E-state index < -0.39 is 11.7 Å². The first-order valence-corrected chi connectivity index (χ1v) is 5.33. The highest BCUT2D eigenvalue weighted by molar-refractivity contribution is 6.31. The largest absolute Gasteiger partial charge is 0.417 e. The second-order valence-corrected chi connectivity index (χ2v) is 3.75. The van der Waals surface area contributed by atoms with Crippen molar-refractivity contribution in [3.05, 3.63) is 34.3 Å². The van der Waals surface area contributed by atoms with Gasteiger partial charge in [0, 0.05) is 18.5 Å². The molecular weight excluding hydrogens is 251 g/mol. The Morgan fingerprint density at radius 2 is 2.06 bits per heavy atom. The third-order valence-corrected chi connectivity index (χ3v) is 2.33. The molecule has 1 rings (SSSR count). The van der Waals surface area contributed by atoms with Crippen molar-refractivity contribution in [3.63, 3.8) is 0 Å². The molecule has 0 aromatic heterocycles. The molecule has 0 aliphatic rings. The van der Waals surface area contributed by atoms with Crippen molar-refractivity contribution in [2.24, 2.45) is 0 Å². The van der Waals surface area contributed by atoms with Crippen LogP contribution >= 0.6 is 11.6 Å². The molecule has 1 aromatic carbocycles. The molecule has 0 bridgehead atoms. The molecule has 0 aliphatic carbocycles. The van der Waals surface area contributed by atoms with Crippen molar-refractivity contribution in [2.45, 2.75) is 12.6 Å². The number of alkyl halides is 3. The fourth-order valence-electron chi connectivity index (χ4n) is 1.17. The minimum absolute atomic E-state index is 0.307. The molecule has 1 nitrogen and oxygen atoms in total. The Kier molecular flexibility index (Phi) is 4.86. The lowest BCUT2D eigenvalue weighted by Gasteiger charge is -2.08. The van der Waals surface area contributed by atoms with Crippen LogP contribution in [0, 0.1) is 11.8 Å². The average molecular weight is 262 g/mol. The van der Waals surface area contributed by atoms with Gasteiger partial charge in [-0.25, -0.2) is 0 Å². The van der Waals surface area contributed by atoms with Crippen molar-refractivity contribution in [3.8, 4) is 11.8 Å². The van der Waals surface area contributed by atoms with Gasteiger partial charge in [-0.2, -0.15) is 13.2 Å². The van der Waals surface area contributed by atoms with Gasteiger partial charge < -0.3 is 5.32 Å². The van der Waals surface area contributed by atoms with Crippen LogP contribution in [0.5, 0.6) is 0 Å². The van der Waals surface area contributed by atoms with E-state index in [2.05, 4.69) is 17.2 Å². The molecule has 0 amide bonds. The highest BCUT2D eigenvalue weighted by Gasteiger charge is 2.33. The van der Waals surface area contributed by atoms with Crippen LogP contribution < -0.4 is 5.32 Å². The summed E-state index contributed by atoms with van der Waals surface area (Å²) in [5.74, 6) is 5.45. The van der Waals surface area contributed by atoms with E-state index >= 15 is 0 Å². The summed E-state index contributed by atoms with van der Waals surface area (Å²) in [6.07, 6.45) is -3.86. The number of benzene rings is 1. The molecule has 0 saturated heterocycles. The first-order chi connectivity index (χ1) is 7.95. The van der Waals surface area contributed by atoms with Crippen molar-refractivity contribution in [1.29, 1.82) is 0 Å². The minimum atomic E-state index is -4.44. The molecule has 92 valence electrons. The summed E-state index contributed by atoms with van der Waals surface area (Å²) in [6, 6.07) is 3.66. The summed E-state index contributed by atoms with van der Waals surface area (Å²) < 4.78 is 37.6. The van der Waals surface area contributed by atoms with Crippen LogP contribution in [-0.4, -0.2) is 13.6 Å². The van der Waals surface area contributed by atoms with Gasteiger partial charge in [0.1, 0.15) is 0 Å². The molecule has 0 unspecified atom stereocenters. The van der Waals surface area contributed by atoms with Gasteiger partial charge in [-0.3, -0.25) is 0 Å². The maximum Gasteiger partial charge on any atom is 0.417 e. The van der Waals surface area contributed by atoms with Crippen LogP contribution in [0.2, 0.25) is 5.02 Å². The summed E-state index contributed by atoms with van der Waals surface area (Å²) in [4.78, 5) is 0. The Balaban J connectivity index is 2.92. The van der Waals surface area contributed by atoms with Gasteiger partial charge in [0.15, 0.2) is 0 Å². The lowest BCUT2D eigenvalue weighted by Crippen LogP contribution is -2.06. The number of rotatable bonds is 2. The second kappa shape index (κ2) is 5.95. The van der Waals surface area contributed by atoms with Crippen molar-refractivity contribution in [2.75, 3.05) is 13.6 Å². The van der Waals surface area contributed by atoms with Crippen LogP contribution in [0.4, 0.5) is 13.2 Å². The number of hydrogen-bond donors (Lipinski definition) is 1. The van der Waals surface area contributed by atoms with Crippen LogP contribution in [0.15, 0.2) is 18.2 Å². The third kappa shape index (κ3) is 4.29. The predicted molar refractivity (Wildman–Crippen MR) is 61.9 cm³/mol. The van der Waals surface area contributed by atoms with E-state index in [-0.39, 0.29) is 5.02 Å². The summed E-state index contributed by atoms with van der Waals surface area (Å²) in [6.45, 7) is 0.701. The zero-order valence-electron chi connectivity index (χ0n) is 9.16. The molecule has 0 saturated carbocycles. The molecule has 5 heteroatoms.